The first-order chi connectivity index (χ1) is 13.8. The Labute approximate surface area is 168 Å². The van der Waals surface area contributed by atoms with Crippen LogP contribution in [-0.4, -0.2) is 0 Å². The molecule has 1 aliphatic rings. The third-order valence-corrected chi connectivity index (χ3v) is 6.79. The van der Waals surface area contributed by atoms with Crippen LogP contribution < -0.4 is 0 Å². The largest absolute Gasteiger partial charge is 0.0616 e. The van der Waals surface area contributed by atoms with Crippen molar-refractivity contribution in [3.8, 4) is 0 Å². The van der Waals surface area contributed by atoms with Gasteiger partial charge in [-0.3, -0.25) is 0 Å². The van der Waals surface area contributed by atoms with Crippen molar-refractivity contribution < 1.29 is 0 Å². The minimum atomic E-state index is 0.469. The van der Waals surface area contributed by atoms with Gasteiger partial charge in [-0.25, -0.2) is 0 Å². The lowest BCUT2D eigenvalue weighted by Crippen LogP contribution is -2.18. The summed E-state index contributed by atoms with van der Waals surface area (Å²) in [4.78, 5) is 0. The Hall–Kier alpha value is -2.60. The smallest absolute Gasteiger partial charge is 0.0130 e. The van der Waals surface area contributed by atoms with Gasteiger partial charge in [-0.1, -0.05) is 98.1 Å². The lowest BCUT2D eigenvalue weighted by atomic mass is 9.71. The first kappa shape index (κ1) is 17.5. The van der Waals surface area contributed by atoms with Crippen molar-refractivity contribution in [2.75, 3.05) is 0 Å². The van der Waals surface area contributed by atoms with Crippen molar-refractivity contribution in [2.45, 2.75) is 44.9 Å². The molecule has 0 aliphatic heterocycles. The molecule has 0 heteroatoms. The van der Waals surface area contributed by atoms with E-state index in [2.05, 4.69) is 85.8 Å². The number of benzene rings is 4. The molecule has 0 amide bonds. The molecular formula is C28H28. The lowest BCUT2D eigenvalue weighted by Gasteiger charge is -2.33. The molecule has 0 spiro atoms. The molecule has 0 aromatic heterocycles. The van der Waals surface area contributed by atoms with Crippen LogP contribution in [0.15, 0.2) is 78.9 Å². The minimum absolute atomic E-state index is 0.469. The molecule has 0 saturated heterocycles. The van der Waals surface area contributed by atoms with Crippen LogP contribution in [0.3, 0.4) is 0 Å². The SMILES string of the molecule is Cc1ccc(C(c2cccc3ccccc23)C2CCCCC2)c2ccccc12. The zero-order chi connectivity index (χ0) is 18.9. The van der Waals surface area contributed by atoms with Gasteiger partial charge in [0, 0.05) is 5.92 Å². The second kappa shape index (κ2) is 7.43. The Morgan fingerprint density at radius 1 is 0.607 bits per heavy atom. The van der Waals surface area contributed by atoms with E-state index in [9.17, 15) is 0 Å². The van der Waals surface area contributed by atoms with Crippen LogP contribution in [0.4, 0.5) is 0 Å². The third kappa shape index (κ3) is 3.02. The van der Waals surface area contributed by atoms with E-state index in [0.717, 1.165) is 5.92 Å². The van der Waals surface area contributed by atoms with Crippen LogP contribution in [0.1, 0.15) is 54.7 Å². The normalized spacial score (nSPS) is 16.5. The molecule has 0 heterocycles. The Morgan fingerprint density at radius 2 is 1.25 bits per heavy atom. The second-order valence-corrected chi connectivity index (χ2v) is 8.46. The molecule has 0 nitrogen and oxygen atoms in total. The number of fused-ring (bicyclic) bond motifs is 2. The molecule has 4 aromatic rings. The fraction of sp³-hybridized carbons (Fsp3) is 0.286. The van der Waals surface area contributed by atoms with Crippen LogP contribution >= 0.6 is 0 Å². The zero-order valence-corrected chi connectivity index (χ0v) is 16.7. The van der Waals surface area contributed by atoms with Crippen molar-refractivity contribution in [3.63, 3.8) is 0 Å². The summed E-state index contributed by atoms with van der Waals surface area (Å²) in [6, 6.07) is 29.6. The zero-order valence-electron chi connectivity index (χ0n) is 16.7. The van der Waals surface area contributed by atoms with Crippen LogP contribution in [0.2, 0.25) is 0 Å². The standard InChI is InChI=1S/C28H28/c1-20-18-19-27(25-16-8-7-14-23(20)25)28(22-11-3-2-4-12-22)26-17-9-13-21-10-5-6-15-24(21)26/h5-10,13-19,22,28H,2-4,11-12H2,1H3. The fourth-order valence-electron chi connectivity index (χ4n) is 5.41. The van der Waals surface area contributed by atoms with E-state index in [1.54, 1.807) is 0 Å². The highest BCUT2D eigenvalue weighted by molar-refractivity contribution is 5.91. The molecule has 5 rings (SSSR count). The lowest BCUT2D eigenvalue weighted by molar-refractivity contribution is 0.329. The molecule has 0 bridgehead atoms. The molecule has 1 aliphatic carbocycles. The Morgan fingerprint density at radius 3 is 2.07 bits per heavy atom. The summed E-state index contributed by atoms with van der Waals surface area (Å²) in [7, 11) is 0. The van der Waals surface area contributed by atoms with Crippen LogP contribution in [0, 0.1) is 12.8 Å². The van der Waals surface area contributed by atoms with Crippen molar-refractivity contribution >= 4 is 21.5 Å². The monoisotopic (exact) mass is 364 g/mol. The van der Waals surface area contributed by atoms with Gasteiger partial charge in [0.05, 0.1) is 0 Å². The first-order valence-electron chi connectivity index (χ1n) is 10.8. The van der Waals surface area contributed by atoms with Crippen molar-refractivity contribution in [1.82, 2.24) is 0 Å². The van der Waals surface area contributed by atoms with E-state index in [1.807, 2.05) is 0 Å². The van der Waals surface area contributed by atoms with Crippen LogP contribution in [0.25, 0.3) is 21.5 Å². The van der Waals surface area contributed by atoms with Gasteiger partial charge in [0.2, 0.25) is 0 Å². The number of aryl methyl sites for hydroxylation is 1. The predicted molar refractivity (Wildman–Crippen MR) is 121 cm³/mol. The molecule has 1 unspecified atom stereocenters. The average molecular weight is 365 g/mol. The molecule has 1 atom stereocenters. The van der Waals surface area contributed by atoms with Gasteiger partial charge in [-0.05, 0) is 63.9 Å². The highest BCUT2D eigenvalue weighted by atomic mass is 14.3. The first-order valence-corrected chi connectivity index (χ1v) is 10.8. The minimum Gasteiger partial charge on any atom is -0.0616 e. The molecule has 1 saturated carbocycles. The van der Waals surface area contributed by atoms with Crippen molar-refractivity contribution in [1.29, 1.82) is 0 Å². The maximum absolute atomic E-state index is 2.42. The van der Waals surface area contributed by atoms with Crippen LogP contribution in [0.5, 0.6) is 0 Å². The maximum atomic E-state index is 2.42. The van der Waals surface area contributed by atoms with Crippen molar-refractivity contribution in [2.24, 2.45) is 5.92 Å². The van der Waals surface area contributed by atoms with Gasteiger partial charge < -0.3 is 0 Å². The highest BCUT2D eigenvalue weighted by Gasteiger charge is 2.29. The van der Waals surface area contributed by atoms with Gasteiger partial charge in [-0.2, -0.15) is 0 Å². The molecule has 28 heavy (non-hydrogen) atoms. The summed E-state index contributed by atoms with van der Waals surface area (Å²) in [5.41, 5.74) is 4.41. The quantitative estimate of drug-likeness (QED) is 0.345. The number of hydrogen-bond donors (Lipinski definition) is 0. The Balaban J connectivity index is 1.78. The van der Waals surface area contributed by atoms with E-state index in [0.29, 0.717) is 5.92 Å². The fourth-order valence-corrected chi connectivity index (χ4v) is 5.41. The molecule has 140 valence electrons. The Bertz CT molecular complexity index is 1110. The maximum Gasteiger partial charge on any atom is 0.0130 e. The van der Waals surface area contributed by atoms with Gasteiger partial charge in [0.15, 0.2) is 0 Å². The number of hydrogen-bond acceptors (Lipinski definition) is 0. The molecular weight excluding hydrogens is 336 g/mol. The summed E-state index contributed by atoms with van der Waals surface area (Å²) in [5, 5.41) is 5.62. The van der Waals surface area contributed by atoms with Gasteiger partial charge >= 0.3 is 0 Å². The molecule has 0 radical (unpaired) electrons. The summed E-state index contributed by atoms with van der Waals surface area (Å²) in [5.74, 6) is 1.20. The summed E-state index contributed by atoms with van der Waals surface area (Å²) in [6.07, 6.45) is 6.82. The van der Waals surface area contributed by atoms with E-state index >= 15 is 0 Å². The van der Waals surface area contributed by atoms with Gasteiger partial charge in [-0.15, -0.1) is 0 Å². The summed E-state index contributed by atoms with van der Waals surface area (Å²) < 4.78 is 0. The molecule has 0 N–H and O–H groups in total. The van der Waals surface area contributed by atoms with Gasteiger partial charge in [0.25, 0.3) is 0 Å². The van der Waals surface area contributed by atoms with E-state index < -0.39 is 0 Å². The Kier molecular flexibility index (Phi) is 4.64. The number of rotatable bonds is 3. The predicted octanol–water partition coefficient (Wildman–Crippen LogP) is 8.01. The van der Waals surface area contributed by atoms with Gasteiger partial charge in [0.1, 0.15) is 0 Å². The third-order valence-electron chi connectivity index (χ3n) is 6.79. The molecule has 4 aromatic carbocycles. The van der Waals surface area contributed by atoms with E-state index in [-0.39, 0.29) is 0 Å². The average Bonchev–Trinajstić information content (AvgIpc) is 2.77. The topological polar surface area (TPSA) is 0 Å². The van der Waals surface area contributed by atoms with Crippen LogP contribution in [-0.2, 0) is 0 Å². The highest BCUT2D eigenvalue weighted by Crippen LogP contribution is 2.45. The summed E-state index contributed by atoms with van der Waals surface area (Å²) >= 11 is 0. The van der Waals surface area contributed by atoms with E-state index in [1.165, 1.54) is 70.3 Å². The van der Waals surface area contributed by atoms with E-state index in [4.69, 9.17) is 0 Å². The molecule has 1 fully saturated rings. The van der Waals surface area contributed by atoms with Crippen molar-refractivity contribution in [3.05, 3.63) is 95.6 Å². The second-order valence-electron chi connectivity index (χ2n) is 8.46. The summed E-state index contributed by atoms with van der Waals surface area (Å²) in [6.45, 7) is 2.24.